The normalized spacial score (nSPS) is 10.2. The molecule has 0 amide bonds. The van der Waals surface area contributed by atoms with Gasteiger partial charge in [-0.25, -0.2) is 0 Å². The number of nitrogens with zero attached hydrogens (tertiary/aromatic N) is 1. The van der Waals surface area contributed by atoms with Crippen molar-refractivity contribution in [3.8, 4) is 5.75 Å². The van der Waals surface area contributed by atoms with Gasteiger partial charge >= 0.3 is 0 Å². The number of rotatable bonds is 3. The minimum Gasteiger partial charge on any atom is -0.495 e. The van der Waals surface area contributed by atoms with Crippen molar-refractivity contribution in [1.82, 2.24) is 4.98 Å². The van der Waals surface area contributed by atoms with Crippen LogP contribution < -0.4 is 15.4 Å². The van der Waals surface area contributed by atoms with Gasteiger partial charge in [-0.15, -0.1) is 0 Å². The molecular formula is C17H15N3OS. The SMILES string of the molecule is COc1ccccc1NC(=S)Nc1cccc2ncccc12. The van der Waals surface area contributed by atoms with E-state index in [1.165, 1.54) is 0 Å². The molecule has 0 aliphatic heterocycles. The van der Waals surface area contributed by atoms with Gasteiger partial charge < -0.3 is 15.4 Å². The Hall–Kier alpha value is -2.66. The second kappa shape index (κ2) is 6.41. The summed E-state index contributed by atoms with van der Waals surface area (Å²) in [6, 6.07) is 17.4. The van der Waals surface area contributed by atoms with Crippen LogP contribution in [0.25, 0.3) is 10.9 Å². The van der Waals surface area contributed by atoms with Gasteiger partial charge in [-0.1, -0.05) is 18.2 Å². The molecule has 2 N–H and O–H groups in total. The number of pyridine rings is 1. The quantitative estimate of drug-likeness (QED) is 0.715. The van der Waals surface area contributed by atoms with Gasteiger partial charge in [-0.05, 0) is 48.6 Å². The summed E-state index contributed by atoms with van der Waals surface area (Å²) in [6.07, 6.45) is 1.78. The maximum atomic E-state index is 5.39. The number of ether oxygens (including phenoxy) is 1. The van der Waals surface area contributed by atoms with Gasteiger partial charge in [-0.2, -0.15) is 0 Å². The molecule has 0 aliphatic carbocycles. The van der Waals surface area contributed by atoms with Crippen molar-refractivity contribution in [2.75, 3.05) is 17.7 Å². The number of hydrogen-bond acceptors (Lipinski definition) is 3. The molecule has 5 heteroatoms. The molecule has 4 nitrogen and oxygen atoms in total. The second-order valence-electron chi connectivity index (χ2n) is 4.66. The fourth-order valence-electron chi connectivity index (χ4n) is 2.24. The van der Waals surface area contributed by atoms with Crippen LogP contribution in [-0.4, -0.2) is 17.2 Å². The lowest BCUT2D eigenvalue weighted by Crippen LogP contribution is -2.19. The molecule has 0 unspecified atom stereocenters. The zero-order valence-electron chi connectivity index (χ0n) is 12.0. The van der Waals surface area contributed by atoms with Gasteiger partial charge in [0.2, 0.25) is 0 Å². The Bertz CT molecular complexity index is 814. The molecule has 0 saturated heterocycles. The maximum Gasteiger partial charge on any atom is 0.175 e. The van der Waals surface area contributed by atoms with E-state index < -0.39 is 0 Å². The Morgan fingerprint density at radius 3 is 2.59 bits per heavy atom. The van der Waals surface area contributed by atoms with Crippen molar-refractivity contribution in [3.05, 3.63) is 60.8 Å². The summed E-state index contributed by atoms with van der Waals surface area (Å²) in [4.78, 5) is 4.34. The predicted octanol–water partition coefficient (Wildman–Crippen LogP) is 4.05. The first kappa shape index (κ1) is 14.3. The number of aromatic nitrogens is 1. The highest BCUT2D eigenvalue weighted by Crippen LogP contribution is 2.25. The standard InChI is InChI=1S/C17H15N3OS/c1-21-16-10-3-2-7-15(16)20-17(22)19-14-9-4-8-13-12(14)6-5-11-18-13/h2-11H,1H3,(H2,19,20,22). The highest BCUT2D eigenvalue weighted by molar-refractivity contribution is 7.80. The smallest absolute Gasteiger partial charge is 0.175 e. The molecule has 2 aromatic carbocycles. The van der Waals surface area contributed by atoms with Crippen LogP contribution in [0.5, 0.6) is 5.75 Å². The summed E-state index contributed by atoms with van der Waals surface area (Å²) in [5, 5.41) is 7.88. The van der Waals surface area contributed by atoms with Crippen LogP contribution in [0.2, 0.25) is 0 Å². The molecule has 0 fully saturated rings. The Kier molecular flexibility index (Phi) is 4.16. The first-order chi connectivity index (χ1) is 10.8. The average Bonchev–Trinajstić information content (AvgIpc) is 2.55. The van der Waals surface area contributed by atoms with Gasteiger partial charge in [0.05, 0.1) is 18.3 Å². The largest absolute Gasteiger partial charge is 0.495 e. The van der Waals surface area contributed by atoms with E-state index >= 15 is 0 Å². The van der Waals surface area contributed by atoms with Crippen LogP contribution in [0.3, 0.4) is 0 Å². The molecule has 0 saturated carbocycles. The average molecular weight is 309 g/mol. The van der Waals surface area contributed by atoms with E-state index in [9.17, 15) is 0 Å². The van der Waals surface area contributed by atoms with Crippen molar-refractivity contribution in [2.45, 2.75) is 0 Å². The molecule has 0 bridgehead atoms. The van der Waals surface area contributed by atoms with E-state index in [0.717, 1.165) is 28.0 Å². The van der Waals surface area contributed by atoms with Crippen LogP contribution in [0, 0.1) is 0 Å². The Labute approximate surface area is 134 Å². The molecule has 3 aromatic rings. The first-order valence-corrected chi connectivity index (χ1v) is 7.23. The summed E-state index contributed by atoms with van der Waals surface area (Å²) in [6.45, 7) is 0. The molecule has 0 radical (unpaired) electrons. The molecule has 0 spiro atoms. The number of nitrogens with one attached hydrogen (secondary N) is 2. The Morgan fingerprint density at radius 2 is 1.73 bits per heavy atom. The van der Waals surface area contributed by atoms with Gasteiger partial charge in [0, 0.05) is 17.3 Å². The first-order valence-electron chi connectivity index (χ1n) is 6.83. The summed E-state index contributed by atoms with van der Waals surface area (Å²) < 4.78 is 5.31. The van der Waals surface area contributed by atoms with E-state index in [1.807, 2.05) is 54.6 Å². The predicted molar refractivity (Wildman–Crippen MR) is 94.6 cm³/mol. The number of fused-ring (bicyclic) bond motifs is 1. The molecular weight excluding hydrogens is 294 g/mol. The van der Waals surface area contributed by atoms with Crippen LogP contribution in [-0.2, 0) is 0 Å². The highest BCUT2D eigenvalue weighted by atomic mass is 32.1. The second-order valence-corrected chi connectivity index (χ2v) is 5.06. The lowest BCUT2D eigenvalue weighted by molar-refractivity contribution is 0.417. The zero-order chi connectivity index (χ0) is 15.4. The zero-order valence-corrected chi connectivity index (χ0v) is 12.9. The van der Waals surface area contributed by atoms with E-state index in [0.29, 0.717) is 5.11 Å². The number of hydrogen-bond donors (Lipinski definition) is 2. The molecule has 3 rings (SSSR count). The van der Waals surface area contributed by atoms with Gasteiger partial charge in [0.25, 0.3) is 0 Å². The van der Waals surface area contributed by atoms with Crippen LogP contribution in [0.15, 0.2) is 60.8 Å². The van der Waals surface area contributed by atoms with Crippen LogP contribution >= 0.6 is 12.2 Å². The summed E-state index contributed by atoms with van der Waals surface area (Å²) in [5.41, 5.74) is 2.66. The minimum atomic E-state index is 0.501. The van der Waals surface area contributed by atoms with E-state index in [-0.39, 0.29) is 0 Å². The summed E-state index contributed by atoms with van der Waals surface area (Å²) in [5.74, 6) is 0.742. The number of anilines is 2. The van der Waals surface area contributed by atoms with Gasteiger partial charge in [0.15, 0.2) is 5.11 Å². The lowest BCUT2D eigenvalue weighted by atomic mass is 10.2. The monoisotopic (exact) mass is 309 g/mol. The maximum absolute atomic E-state index is 5.39. The number of methoxy groups -OCH3 is 1. The third kappa shape index (κ3) is 2.99. The third-order valence-electron chi connectivity index (χ3n) is 3.25. The lowest BCUT2D eigenvalue weighted by Gasteiger charge is -2.14. The fourth-order valence-corrected chi connectivity index (χ4v) is 2.46. The fraction of sp³-hybridized carbons (Fsp3) is 0.0588. The van der Waals surface area contributed by atoms with Crippen LogP contribution in [0.4, 0.5) is 11.4 Å². The molecule has 22 heavy (non-hydrogen) atoms. The summed E-state index contributed by atoms with van der Waals surface area (Å²) >= 11 is 5.39. The number of para-hydroxylation sites is 2. The van der Waals surface area contributed by atoms with E-state index in [4.69, 9.17) is 17.0 Å². The molecule has 1 heterocycles. The minimum absolute atomic E-state index is 0.501. The molecule has 0 aliphatic rings. The van der Waals surface area contributed by atoms with Crippen molar-refractivity contribution < 1.29 is 4.74 Å². The molecule has 1 aromatic heterocycles. The van der Waals surface area contributed by atoms with Crippen molar-refractivity contribution in [3.63, 3.8) is 0 Å². The Balaban J connectivity index is 1.82. The van der Waals surface area contributed by atoms with Crippen molar-refractivity contribution in [1.29, 1.82) is 0 Å². The molecule has 110 valence electrons. The van der Waals surface area contributed by atoms with Crippen LogP contribution in [0.1, 0.15) is 0 Å². The number of benzene rings is 2. The van der Waals surface area contributed by atoms with Gasteiger partial charge in [-0.3, -0.25) is 4.98 Å². The topological polar surface area (TPSA) is 46.2 Å². The summed E-state index contributed by atoms with van der Waals surface area (Å²) in [7, 11) is 1.63. The Morgan fingerprint density at radius 1 is 0.955 bits per heavy atom. The highest BCUT2D eigenvalue weighted by Gasteiger charge is 2.06. The third-order valence-corrected chi connectivity index (χ3v) is 3.45. The van der Waals surface area contributed by atoms with E-state index in [2.05, 4.69) is 15.6 Å². The van der Waals surface area contributed by atoms with E-state index in [1.54, 1.807) is 13.3 Å². The number of thiocarbonyl (C=S) groups is 1. The van der Waals surface area contributed by atoms with Gasteiger partial charge in [0.1, 0.15) is 5.75 Å². The van der Waals surface area contributed by atoms with Crippen molar-refractivity contribution >= 4 is 39.6 Å². The van der Waals surface area contributed by atoms with Crippen molar-refractivity contribution in [2.24, 2.45) is 0 Å². The molecule has 0 atom stereocenters.